The summed E-state index contributed by atoms with van der Waals surface area (Å²) in [6.07, 6.45) is 0. The maximum absolute atomic E-state index is 12.2. The van der Waals surface area contributed by atoms with E-state index in [1.807, 2.05) is 63.5 Å². The second kappa shape index (κ2) is 7.61. The van der Waals surface area contributed by atoms with Gasteiger partial charge < -0.3 is 15.0 Å². The van der Waals surface area contributed by atoms with Crippen LogP contribution in [0.2, 0.25) is 0 Å². The highest BCUT2D eigenvalue weighted by molar-refractivity contribution is 6.04. The Kier molecular flexibility index (Phi) is 5.55. The Hall–Kier alpha value is -2.33. The monoisotopic (exact) mass is 298 g/mol. The van der Waals surface area contributed by atoms with E-state index >= 15 is 0 Å². The Bertz CT molecular complexity index is 621. The van der Waals surface area contributed by atoms with Crippen LogP contribution in [0.25, 0.3) is 0 Å². The predicted molar refractivity (Wildman–Crippen MR) is 89.6 cm³/mol. The lowest BCUT2D eigenvalue weighted by Gasteiger charge is -2.11. The smallest absolute Gasteiger partial charge is 0.255 e. The van der Waals surface area contributed by atoms with Crippen molar-refractivity contribution in [1.82, 2.24) is 4.90 Å². The maximum atomic E-state index is 12.2. The summed E-state index contributed by atoms with van der Waals surface area (Å²) in [7, 11) is 4.01. The number of nitrogens with one attached hydrogen (secondary N) is 1. The average molecular weight is 298 g/mol. The molecular weight excluding hydrogens is 276 g/mol. The van der Waals surface area contributed by atoms with Crippen LogP contribution in [0.4, 0.5) is 5.69 Å². The van der Waals surface area contributed by atoms with Crippen molar-refractivity contribution in [3.63, 3.8) is 0 Å². The molecule has 0 unspecified atom stereocenters. The average Bonchev–Trinajstić information content (AvgIpc) is 2.48. The van der Waals surface area contributed by atoms with Gasteiger partial charge in [0.2, 0.25) is 0 Å². The summed E-state index contributed by atoms with van der Waals surface area (Å²) in [6, 6.07) is 14.9. The summed E-state index contributed by atoms with van der Waals surface area (Å²) in [5.74, 6) is 0.695. The first-order valence-corrected chi connectivity index (χ1v) is 7.30. The maximum Gasteiger partial charge on any atom is 0.255 e. The zero-order valence-corrected chi connectivity index (χ0v) is 13.3. The molecule has 0 atom stereocenters. The van der Waals surface area contributed by atoms with Crippen LogP contribution in [0.1, 0.15) is 15.9 Å². The molecule has 0 spiro atoms. The molecule has 0 fully saturated rings. The Balaban J connectivity index is 1.92. The topological polar surface area (TPSA) is 41.6 Å². The van der Waals surface area contributed by atoms with Crippen LogP contribution in [-0.2, 0) is 0 Å². The predicted octanol–water partition coefficient (Wildman–Crippen LogP) is 3.19. The van der Waals surface area contributed by atoms with Gasteiger partial charge in [-0.05, 0) is 57.4 Å². The van der Waals surface area contributed by atoms with Crippen molar-refractivity contribution in [1.29, 1.82) is 0 Å². The molecule has 4 heteroatoms. The van der Waals surface area contributed by atoms with Gasteiger partial charge >= 0.3 is 0 Å². The molecule has 1 N–H and O–H groups in total. The van der Waals surface area contributed by atoms with Gasteiger partial charge in [-0.25, -0.2) is 0 Å². The summed E-state index contributed by atoms with van der Waals surface area (Å²) >= 11 is 0. The first-order valence-electron chi connectivity index (χ1n) is 7.30. The number of likely N-dealkylation sites (N-methyl/N-ethyl adjacent to an activating group) is 1. The molecule has 0 aliphatic carbocycles. The van der Waals surface area contributed by atoms with Gasteiger partial charge in [0.1, 0.15) is 12.4 Å². The van der Waals surface area contributed by atoms with Gasteiger partial charge in [-0.3, -0.25) is 4.79 Å². The third-order valence-electron chi connectivity index (χ3n) is 3.20. The molecule has 0 heterocycles. The molecule has 1 amide bonds. The van der Waals surface area contributed by atoms with E-state index < -0.39 is 0 Å². The van der Waals surface area contributed by atoms with Crippen molar-refractivity contribution >= 4 is 11.6 Å². The molecule has 0 aromatic heterocycles. The van der Waals surface area contributed by atoms with Gasteiger partial charge in [0, 0.05) is 17.8 Å². The molecule has 2 aromatic rings. The van der Waals surface area contributed by atoms with Crippen LogP contribution in [0.15, 0.2) is 48.5 Å². The molecule has 0 saturated heterocycles. The Morgan fingerprint density at radius 2 is 1.86 bits per heavy atom. The van der Waals surface area contributed by atoms with E-state index in [2.05, 4.69) is 10.2 Å². The van der Waals surface area contributed by atoms with Crippen molar-refractivity contribution in [3.05, 3.63) is 59.7 Å². The molecule has 0 aliphatic heterocycles. The van der Waals surface area contributed by atoms with Crippen LogP contribution in [-0.4, -0.2) is 38.1 Å². The number of ether oxygens (including phenoxy) is 1. The second-order valence-corrected chi connectivity index (χ2v) is 5.50. The molecular formula is C18H22N2O2. The highest BCUT2D eigenvalue weighted by Crippen LogP contribution is 2.16. The molecule has 116 valence electrons. The summed E-state index contributed by atoms with van der Waals surface area (Å²) in [5, 5.41) is 2.88. The standard InChI is InChI=1S/C18H22N2O2/c1-14-5-4-6-15(13-14)18(21)19-16-7-9-17(10-8-16)22-12-11-20(2)3/h4-10,13H,11-12H2,1-3H3,(H,19,21). The Morgan fingerprint density at radius 3 is 2.50 bits per heavy atom. The number of amides is 1. The number of aryl methyl sites for hydroxylation is 1. The van der Waals surface area contributed by atoms with Gasteiger partial charge in [-0.2, -0.15) is 0 Å². The van der Waals surface area contributed by atoms with Crippen molar-refractivity contribution in [2.75, 3.05) is 32.6 Å². The Morgan fingerprint density at radius 1 is 1.14 bits per heavy atom. The van der Waals surface area contributed by atoms with Gasteiger partial charge in [-0.1, -0.05) is 17.7 Å². The molecule has 0 radical (unpaired) electrons. The number of hydrogen-bond donors (Lipinski definition) is 1. The van der Waals surface area contributed by atoms with Crippen molar-refractivity contribution in [2.24, 2.45) is 0 Å². The fraction of sp³-hybridized carbons (Fsp3) is 0.278. The highest BCUT2D eigenvalue weighted by atomic mass is 16.5. The SMILES string of the molecule is Cc1cccc(C(=O)Nc2ccc(OCCN(C)C)cc2)c1. The summed E-state index contributed by atoms with van der Waals surface area (Å²) < 4.78 is 5.62. The molecule has 2 rings (SSSR count). The third-order valence-corrected chi connectivity index (χ3v) is 3.20. The van der Waals surface area contributed by atoms with Crippen LogP contribution in [0.5, 0.6) is 5.75 Å². The normalized spacial score (nSPS) is 10.5. The zero-order valence-electron chi connectivity index (χ0n) is 13.3. The quantitative estimate of drug-likeness (QED) is 0.890. The zero-order chi connectivity index (χ0) is 15.9. The summed E-state index contributed by atoms with van der Waals surface area (Å²) in [6.45, 7) is 3.48. The number of carbonyl (C=O) groups is 1. The summed E-state index contributed by atoms with van der Waals surface area (Å²) in [4.78, 5) is 14.2. The van der Waals surface area contributed by atoms with Crippen molar-refractivity contribution < 1.29 is 9.53 Å². The minimum atomic E-state index is -0.107. The van der Waals surface area contributed by atoms with E-state index in [1.165, 1.54) is 0 Å². The molecule has 0 bridgehead atoms. The molecule has 22 heavy (non-hydrogen) atoms. The van der Waals surface area contributed by atoms with Gasteiger partial charge in [-0.15, -0.1) is 0 Å². The summed E-state index contributed by atoms with van der Waals surface area (Å²) in [5.41, 5.74) is 2.48. The van der Waals surface area contributed by atoms with Crippen LogP contribution < -0.4 is 10.1 Å². The fourth-order valence-corrected chi connectivity index (χ4v) is 1.97. The number of benzene rings is 2. The number of rotatable bonds is 6. The fourth-order valence-electron chi connectivity index (χ4n) is 1.97. The third kappa shape index (κ3) is 4.90. The first-order chi connectivity index (χ1) is 10.5. The van der Waals surface area contributed by atoms with Gasteiger partial charge in [0.05, 0.1) is 0 Å². The van der Waals surface area contributed by atoms with E-state index in [0.29, 0.717) is 12.2 Å². The number of nitrogens with zero attached hydrogens (tertiary/aromatic N) is 1. The van der Waals surface area contributed by atoms with Gasteiger partial charge in [0.15, 0.2) is 0 Å². The van der Waals surface area contributed by atoms with E-state index in [9.17, 15) is 4.79 Å². The lowest BCUT2D eigenvalue weighted by molar-refractivity contribution is 0.102. The van der Waals surface area contributed by atoms with Crippen LogP contribution >= 0.6 is 0 Å². The largest absolute Gasteiger partial charge is 0.492 e. The number of hydrogen-bond acceptors (Lipinski definition) is 3. The van der Waals surface area contributed by atoms with Crippen molar-refractivity contribution in [2.45, 2.75) is 6.92 Å². The van der Waals surface area contributed by atoms with Crippen LogP contribution in [0.3, 0.4) is 0 Å². The molecule has 4 nitrogen and oxygen atoms in total. The molecule has 2 aromatic carbocycles. The number of anilines is 1. The highest BCUT2D eigenvalue weighted by Gasteiger charge is 2.06. The minimum absolute atomic E-state index is 0.107. The van der Waals surface area contributed by atoms with E-state index in [1.54, 1.807) is 6.07 Å². The van der Waals surface area contributed by atoms with Crippen molar-refractivity contribution in [3.8, 4) is 5.75 Å². The van der Waals surface area contributed by atoms with Gasteiger partial charge in [0.25, 0.3) is 5.91 Å². The van der Waals surface area contributed by atoms with E-state index in [0.717, 1.165) is 23.5 Å². The molecule has 0 aliphatic rings. The lowest BCUT2D eigenvalue weighted by Crippen LogP contribution is -2.19. The first kappa shape index (κ1) is 16.0. The second-order valence-electron chi connectivity index (χ2n) is 5.50. The van der Waals surface area contributed by atoms with E-state index in [-0.39, 0.29) is 5.91 Å². The lowest BCUT2D eigenvalue weighted by atomic mass is 10.1. The number of carbonyl (C=O) groups excluding carboxylic acids is 1. The van der Waals surface area contributed by atoms with E-state index in [4.69, 9.17) is 4.74 Å². The Labute approximate surface area is 131 Å². The van der Waals surface area contributed by atoms with Crippen LogP contribution in [0, 0.1) is 6.92 Å². The molecule has 0 saturated carbocycles. The minimum Gasteiger partial charge on any atom is -0.492 e.